The molecule has 1 atom stereocenters. The van der Waals surface area contributed by atoms with Gasteiger partial charge in [0.05, 0.1) is 12.3 Å². The fraction of sp³-hybridized carbons (Fsp3) is 0.250. The van der Waals surface area contributed by atoms with Crippen LogP contribution in [0.3, 0.4) is 0 Å². The predicted octanol–water partition coefficient (Wildman–Crippen LogP) is 3.12. The molecule has 1 amide bonds. The normalized spacial score (nSPS) is 11.8. The zero-order valence-electron chi connectivity index (χ0n) is 11.3. The van der Waals surface area contributed by atoms with E-state index in [1.165, 1.54) is 0 Å². The first-order valence-electron chi connectivity index (χ1n) is 6.58. The first-order valence-corrected chi connectivity index (χ1v) is 6.58. The molecule has 4 heteroatoms. The Hall–Kier alpha value is -2.36. The standard InChI is InChI=1S/C16H17NO3/c1-12(15-8-5-11-20-15)17-16(19)10-9-14(18)13-6-3-2-4-7-13/h2-8,11-12H,9-10H2,1H3,(H,17,19)/t12-/m0/s1. The summed E-state index contributed by atoms with van der Waals surface area (Å²) in [7, 11) is 0. The van der Waals surface area contributed by atoms with Crippen LogP contribution in [0, 0.1) is 0 Å². The number of ketones is 1. The minimum absolute atomic E-state index is 0.0219. The Morgan fingerprint density at radius 1 is 1.10 bits per heavy atom. The molecule has 0 bridgehead atoms. The molecule has 1 N–H and O–H groups in total. The number of amides is 1. The third-order valence-corrected chi connectivity index (χ3v) is 3.02. The Morgan fingerprint density at radius 2 is 1.85 bits per heavy atom. The van der Waals surface area contributed by atoms with Crippen molar-refractivity contribution in [1.82, 2.24) is 5.32 Å². The molecule has 20 heavy (non-hydrogen) atoms. The average Bonchev–Trinajstić information content (AvgIpc) is 3.00. The SMILES string of the molecule is C[C@H](NC(=O)CCC(=O)c1ccccc1)c1ccco1. The fourth-order valence-electron chi connectivity index (χ4n) is 1.92. The van der Waals surface area contributed by atoms with E-state index < -0.39 is 0 Å². The van der Waals surface area contributed by atoms with Crippen LogP contribution >= 0.6 is 0 Å². The van der Waals surface area contributed by atoms with Crippen molar-refractivity contribution in [3.8, 4) is 0 Å². The first kappa shape index (κ1) is 14.1. The summed E-state index contributed by atoms with van der Waals surface area (Å²) in [6.07, 6.45) is 1.95. The van der Waals surface area contributed by atoms with E-state index in [0.717, 1.165) is 0 Å². The van der Waals surface area contributed by atoms with E-state index in [4.69, 9.17) is 4.42 Å². The lowest BCUT2D eigenvalue weighted by molar-refractivity contribution is -0.121. The van der Waals surface area contributed by atoms with E-state index in [0.29, 0.717) is 11.3 Å². The van der Waals surface area contributed by atoms with Gasteiger partial charge in [-0.25, -0.2) is 0 Å². The number of Topliss-reactive ketones (excluding diaryl/α,β-unsaturated/α-hetero) is 1. The summed E-state index contributed by atoms with van der Waals surface area (Å²) in [5, 5.41) is 2.80. The summed E-state index contributed by atoms with van der Waals surface area (Å²) in [6, 6.07) is 12.4. The van der Waals surface area contributed by atoms with Crippen molar-refractivity contribution >= 4 is 11.7 Å². The third kappa shape index (κ3) is 3.82. The Morgan fingerprint density at radius 3 is 2.50 bits per heavy atom. The molecule has 0 aliphatic carbocycles. The number of rotatable bonds is 6. The van der Waals surface area contributed by atoms with Crippen molar-refractivity contribution in [1.29, 1.82) is 0 Å². The summed E-state index contributed by atoms with van der Waals surface area (Å²) >= 11 is 0. The van der Waals surface area contributed by atoms with Crippen molar-refractivity contribution in [2.75, 3.05) is 0 Å². The smallest absolute Gasteiger partial charge is 0.221 e. The number of carbonyl (C=O) groups excluding carboxylic acids is 2. The molecule has 0 unspecified atom stereocenters. The van der Waals surface area contributed by atoms with Crippen LogP contribution in [0.4, 0.5) is 0 Å². The second-order valence-electron chi connectivity index (χ2n) is 4.59. The van der Waals surface area contributed by atoms with Gasteiger partial charge in [-0.1, -0.05) is 30.3 Å². The molecular formula is C16H17NO3. The average molecular weight is 271 g/mol. The molecule has 0 saturated heterocycles. The summed E-state index contributed by atoms with van der Waals surface area (Å²) in [5.41, 5.74) is 0.638. The number of carbonyl (C=O) groups is 2. The van der Waals surface area contributed by atoms with E-state index in [-0.39, 0.29) is 30.6 Å². The van der Waals surface area contributed by atoms with Crippen LogP contribution in [0.25, 0.3) is 0 Å². The molecule has 0 spiro atoms. The summed E-state index contributed by atoms with van der Waals surface area (Å²) < 4.78 is 5.21. The van der Waals surface area contributed by atoms with Gasteiger partial charge in [0.15, 0.2) is 5.78 Å². The van der Waals surface area contributed by atoms with Crippen LogP contribution < -0.4 is 5.32 Å². The molecule has 0 saturated carbocycles. The maximum atomic E-state index is 11.9. The lowest BCUT2D eigenvalue weighted by Crippen LogP contribution is -2.26. The van der Waals surface area contributed by atoms with Crippen molar-refractivity contribution in [2.24, 2.45) is 0 Å². The van der Waals surface area contributed by atoms with Crippen molar-refractivity contribution in [3.05, 3.63) is 60.1 Å². The van der Waals surface area contributed by atoms with Gasteiger partial charge in [-0.05, 0) is 19.1 Å². The van der Waals surface area contributed by atoms with Gasteiger partial charge in [0.1, 0.15) is 5.76 Å². The van der Waals surface area contributed by atoms with E-state index >= 15 is 0 Å². The van der Waals surface area contributed by atoms with Crippen LogP contribution in [-0.2, 0) is 4.79 Å². The van der Waals surface area contributed by atoms with Crippen LogP contribution in [0.15, 0.2) is 53.1 Å². The van der Waals surface area contributed by atoms with Gasteiger partial charge < -0.3 is 9.73 Å². The molecule has 2 aromatic rings. The molecule has 4 nitrogen and oxygen atoms in total. The van der Waals surface area contributed by atoms with Crippen molar-refractivity contribution in [2.45, 2.75) is 25.8 Å². The fourth-order valence-corrected chi connectivity index (χ4v) is 1.92. The number of nitrogens with one attached hydrogen (secondary N) is 1. The third-order valence-electron chi connectivity index (χ3n) is 3.02. The predicted molar refractivity (Wildman–Crippen MR) is 75.3 cm³/mol. The van der Waals surface area contributed by atoms with Crippen LogP contribution in [0.5, 0.6) is 0 Å². The lowest BCUT2D eigenvalue weighted by atomic mass is 10.1. The maximum absolute atomic E-state index is 11.9. The Kier molecular flexibility index (Phi) is 4.71. The van der Waals surface area contributed by atoms with E-state index in [9.17, 15) is 9.59 Å². The Bertz CT molecular complexity index is 561. The Labute approximate surface area is 117 Å². The molecule has 0 radical (unpaired) electrons. The zero-order chi connectivity index (χ0) is 14.4. The lowest BCUT2D eigenvalue weighted by Gasteiger charge is -2.11. The minimum atomic E-state index is -0.190. The van der Waals surface area contributed by atoms with Crippen LogP contribution in [0.2, 0.25) is 0 Å². The van der Waals surface area contributed by atoms with Gasteiger partial charge in [0.2, 0.25) is 5.91 Å². The van der Waals surface area contributed by atoms with Gasteiger partial charge in [0.25, 0.3) is 0 Å². The molecule has 2 rings (SSSR count). The van der Waals surface area contributed by atoms with Gasteiger partial charge >= 0.3 is 0 Å². The maximum Gasteiger partial charge on any atom is 0.221 e. The Balaban J connectivity index is 1.79. The molecular weight excluding hydrogens is 254 g/mol. The summed E-state index contributed by atoms with van der Waals surface area (Å²) in [5.74, 6) is 0.525. The summed E-state index contributed by atoms with van der Waals surface area (Å²) in [4.78, 5) is 23.6. The van der Waals surface area contributed by atoms with E-state index in [1.54, 1.807) is 30.5 Å². The second-order valence-corrected chi connectivity index (χ2v) is 4.59. The largest absolute Gasteiger partial charge is 0.467 e. The molecule has 1 heterocycles. The quantitative estimate of drug-likeness (QED) is 0.821. The van der Waals surface area contributed by atoms with Gasteiger partial charge in [-0.3, -0.25) is 9.59 Å². The number of hydrogen-bond acceptors (Lipinski definition) is 3. The highest BCUT2D eigenvalue weighted by molar-refractivity contribution is 5.97. The van der Waals surface area contributed by atoms with Gasteiger partial charge in [-0.2, -0.15) is 0 Å². The van der Waals surface area contributed by atoms with Crippen molar-refractivity contribution < 1.29 is 14.0 Å². The highest BCUT2D eigenvalue weighted by Crippen LogP contribution is 2.12. The van der Waals surface area contributed by atoms with Gasteiger partial charge in [0, 0.05) is 18.4 Å². The van der Waals surface area contributed by atoms with E-state index in [1.807, 2.05) is 25.1 Å². The highest BCUT2D eigenvalue weighted by atomic mass is 16.3. The summed E-state index contributed by atoms with van der Waals surface area (Å²) in [6.45, 7) is 1.84. The molecule has 0 aliphatic heterocycles. The number of hydrogen-bond donors (Lipinski definition) is 1. The van der Waals surface area contributed by atoms with Crippen LogP contribution in [-0.4, -0.2) is 11.7 Å². The van der Waals surface area contributed by atoms with E-state index in [2.05, 4.69) is 5.32 Å². The molecule has 0 fully saturated rings. The molecule has 104 valence electrons. The first-order chi connectivity index (χ1) is 9.66. The second kappa shape index (κ2) is 6.70. The zero-order valence-corrected chi connectivity index (χ0v) is 11.3. The molecule has 1 aromatic heterocycles. The molecule has 1 aromatic carbocycles. The minimum Gasteiger partial charge on any atom is -0.467 e. The van der Waals surface area contributed by atoms with Crippen molar-refractivity contribution in [3.63, 3.8) is 0 Å². The highest BCUT2D eigenvalue weighted by Gasteiger charge is 2.13. The number of furan rings is 1. The van der Waals surface area contributed by atoms with Crippen LogP contribution in [0.1, 0.15) is 41.9 Å². The monoisotopic (exact) mass is 271 g/mol. The molecule has 0 aliphatic rings. The van der Waals surface area contributed by atoms with Gasteiger partial charge in [-0.15, -0.1) is 0 Å². The topological polar surface area (TPSA) is 59.3 Å². The number of benzene rings is 1.